The Morgan fingerprint density at radius 2 is 1.79 bits per heavy atom. The third-order valence-corrected chi connectivity index (χ3v) is 2.41. The number of nitrogens with two attached hydrogens (primary N) is 2. The van der Waals surface area contributed by atoms with Crippen molar-refractivity contribution in [2.24, 2.45) is 5.73 Å². The lowest BCUT2D eigenvalue weighted by molar-refractivity contribution is 0.481. The van der Waals surface area contributed by atoms with Crippen LogP contribution in [0.5, 0.6) is 0 Å². The van der Waals surface area contributed by atoms with Gasteiger partial charge < -0.3 is 11.5 Å². The van der Waals surface area contributed by atoms with Crippen molar-refractivity contribution < 1.29 is 8.78 Å². The van der Waals surface area contributed by atoms with Crippen LogP contribution in [0.3, 0.4) is 0 Å². The van der Waals surface area contributed by atoms with E-state index in [1.165, 1.54) is 6.07 Å². The first kappa shape index (κ1) is 10.9. The fourth-order valence-electron chi connectivity index (χ4n) is 1.31. The Bertz CT molecular complexity index is 337. The van der Waals surface area contributed by atoms with Crippen molar-refractivity contribution in [2.75, 3.05) is 5.73 Å². The monoisotopic (exact) mass is 200 g/mol. The van der Waals surface area contributed by atoms with Gasteiger partial charge in [-0.15, -0.1) is 0 Å². The molecule has 2 nitrogen and oxygen atoms in total. The predicted octanol–water partition coefficient (Wildman–Crippen LogP) is 2.00. The summed E-state index contributed by atoms with van der Waals surface area (Å²) >= 11 is 0. The molecule has 2 atom stereocenters. The van der Waals surface area contributed by atoms with Gasteiger partial charge in [-0.2, -0.15) is 0 Å². The zero-order chi connectivity index (χ0) is 10.9. The van der Waals surface area contributed by atoms with Crippen molar-refractivity contribution >= 4 is 5.69 Å². The smallest absolute Gasteiger partial charge is 0.164 e. The molecule has 1 aromatic carbocycles. The fourth-order valence-corrected chi connectivity index (χ4v) is 1.31. The molecule has 4 heteroatoms. The molecular weight excluding hydrogens is 186 g/mol. The maximum atomic E-state index is 13.4. The summed E-state index contributed by atoms with van der Waals surface area (Å²) in [5.74, 6) is -2.08. The van der Waals surface area contributed by atoms with Crippen LogP contribution in [-0.2, 0) is 0 Å². The molecule has 0 bridgehead atoms. The molecule has 0 spiro atoms. The lowest BCUT2D eigenvalue weighted by atomic mass is 9.93. The van der Waals surface area contributed by atoms with Crippen LogP contribution < -0.4 is 11.5 Å². The van der Waals surface area contributed by atoms with Crippen LogP contribution in [0.15, 0.2) is 12.1 Å². The second-order valence-corrected chi connectivity index (χ2v) is 3.51. The summed E-state index contributed by atoms with van der Waals surface area (Å²) in [6, 6.07) is 2.10. The van der Waals surface area contributed by atoms with Gasteiger partial charge in [0.2, 0.25) is 0 Å². The lowest BCUT2D eigenvalue weighted by Gasteiger charge is -2.18. The van der Waals surface area contributed by atoms with E-state index in [0.717, 1.165) is 6.07 Å². The SMILES string of the molecule is CC(N)C(C)c1c(N)ccc(F)c1F. The molecule has 78 valence electrons. The van der Waals surface area contributed by atoms with Crippen molar-refractivity contribution in [2.45, 2.75) is 25.8 Å². The third-order valence-electron chi connectivity index (χ3n) is 2.41. The first-order chi connectivity index (χ1) is 6.45. The van der Waals surface area contributed by atoms with E-state index >= 15 is 0 Å². The Morgan fingerprint density at radius 1 is 1.21 bits per heavy atom. The van der Waals surface area contributed by atoms with Gasteiger partial charge >= 0.3 is 0 Å². The van der Waals surface area contributed by atoms with Gasteiger partial charge in [0.1, 0.15) is 0 Å². The Morgan fingerprint density at radius 3 is 2.29 bits per heavy atom. The summed E-state index contributed by atoms with van der Waals surface area (Å²) < 4.78 is 26.3. The second-order valence-electron chi connectivity index (χ2n) is 3.51. The van der Waals surface area contributed by atoms with Crippen molar-refractivity contribution in [3.63, 3.8) is 0 Å². The first-order valence-corrected chi connectivity index (χ1v) is 4.44. The zero-order valence-corrected chi connectivity index (χ0v) is 8.22. The molecular formula is C10H14F2N2. The molecule has 4 N–H and O–H groups in total. The van der Waals surface area contributed by atoms with Crippen LogP contribution >= 0.6 is 0 Å². The van der Waals surface area contributed by atoms with E-state index < -0.39 is 11.6 Å². The van der Waals surface area contributed by atoms with Crippen LogP contribution in [0.2, 0.25) is 0 Å². The van der Waals surface area contributed by atoms with Crippen LogP contribution in [0.25, 0.3) is 0 Å². The molecule has 0 fully saturated rings. The molecule has 1 rings (SSSR count). The molecule has 0 saturated carbocycles. The second kappa shape index (κ2) is 3.92. The summed E-state index contributed by atoms with van der Waals surface area (Å²) in [5, 5.41) is 0. The van der Waals surface area contributed by atoms with Gasteiger partial charge in [0.05, 0.1) is 0 Å². The van der Waals surface area contributed by atoms with Gasteiger partial charge in [0.15, 0.2) is 11.6 Å². The normalized spacial score (nSPS) is 15.2. The minimum absolute atomic E-state index is 0.167. The maximum absolute atomic E-state index is 13.4. The molecule has 0 aliphatic heterocycles. The Balaban J connectivity index is 3.25. The van der Waals surface area contributed by atoms with Crippen molar-refractivity contribution in [3.05, 3.63) is 29.3 Å². The number of nitrogen functional groups attached to an aromatic ring is 1. The number of hydrogen-bond acceptors (Lipinski definition) is 2. The number of hydrogen-bond donors (Lipinski definition) is 2. The summed E-state index contributed by atoms with van der Waals surface area (Å²) in [6.07, 6.45) is 0. The quantitative estimate of drug-likeness (QED) is 0.717. The number of benzene rings is 1. The van der Waals surface area contributed by atoms with Crippen LogP contribution in [0.1, 0.15) is 25.3 Å². The average molecular weight is 200 g/mol. The lowest BCUT2D eigenvalue weighted by Crippen LogP contribution is -2.24. The average Bonchev–Trinajstić information content (AvgIpc) is 2.12. The molecule has 0 saturated heterocycles. The highest BCUT2D eigenvalue weighted by Crippen LogP contribution is 2.28. The first-order valence-electron chi connectivity index (χ1n) is 4.44. The van der Waals surface area contributed by atoms with Gasteiger partial charge in [0, 0.05) is 23.2 Å². The Kier molecular flexibility index (Phi) is 3.06. The summed E-state index contributed by atoms with van der Waals surface area (Å²) in [6.45, 7) is 3.45. The predicted molar refractivity (Wildman–Crippen MR) is 52.8 cm³/mol. The molecule has 0 radical (unpaired) electrons. The standard InChI is InChI=1S/C10H14F2N2/c1-5(6(2)13)9-8(14)4-3-7(11)10(9)12/h3-6H,13-14H2,1-2H3. The molecule has 14 heavy (non-hydrogen) atoms. The van der Waals surface area contributed by atoms with Crippen molar-refractivity contribution in [3.8, 4) is 0 Å². The van der Waals surface area contributed by atoms with E-state index in [0.29, 0.717) is 0 Å². The Labute approximate surface area is 81.9 Å². The highest BCUT2D eigenvalue weighted by Gasteiger charge is 2.20. The summed E-state index contributed by atoms with van der Waals surface area (Å²) in [4.78, 5) is 0. The van der Waals surface area contributed by atoms with Crippen LogP contribution in [0, 0.1) is 11.6 Å². The van der Waals surface area contributed by atoms with E-state index in [4.69, 9.17) is 11.5 Å². The number of halogens is 2. The van der Waals surface area contributed by atoms with Gasteiger partial charge in [0.25, 0.3) is 0 Å². The van der Waals surface area contributed by atoms with Gasteiger partial charge in [-0.25, -0.2) is 8.78 Å². The molecule has 0 heterocycles. The molecule has 0 aliphatic rings. The van der Waals surface area contributed by atoms with E-state index in [2.05, 4.69) is 0 Å². The van der Waals surface area contributed by atoms with Crippen molar-refractivity contribution in [1.29, 1.82) is 0 Å². The van der Waals surface area contributed by atoms with Gasteiger partial charge in [-0.05, 0) is 19.1 Å². The largest absolute Gasteiger partial charge is 0.398 e. The summed E-state index contributed by atoms with van der Waals surface area (Å²) in [5.41, 5.74) is 11.6. The molecule has 0 amide bonds. The minimum Gasteiger partial charge on any atom is -0.398 e. The molecule has 0 aliphatic carbocycles. The topological polar surface area (TPSA) is 52.0 Å². The fraction of sp³-hybridized carbons (Fsp3) is 0.400. The van der Waals surface area contributed by atoms with Crippen molar-refractivity contribution in [1.82, 2.24) is 0 Å². The zero-order valence-electron chi connectivity index (χ0n) is 8.22. The van der Waals surface area contributed by atoms with E-state index in [1.807, 2.05) is 0 Å². The molecule has 2 unspecified atom stereocenters. The molecule has 1 aromatic rings. The number of anilines is 1. The van der Waals surface area contributed by atoms with E-state index in [9.17, 15) is 8.78 Å². The van der Waals surface area contributed by atoms with Crippen LogP contribution in [0.4, 0.5) is 14.5 Å². The highest BCUT2D eigenvalue weighted by atomic mass is 19.2. The third kappa shape index (κ3) is 1.85. The number of rotatable bonds is 2. The maximum Gasteiger partial charge on any atom is 0.164 e. The van der Waals surface area contributed by atoms with E-state index in [1.54, 1.807) is 13.8 Å². The molecule has 0 aromatic heterocycles. The van der Waals surface area contributed by atoms with Gasteiger partial charge in [-0.3, -0.25) is 0 Å². The Hall–Kier alpha value is -1.16. The van der Waals surface area contributed by atoms with Gasteiger partial charge in [-0.1, -0.05) is 6.92 Å². The summed E-state index contributed by atoms with van der Waals surface area (Å²) in [7, 11) is 0. The highest BCUT2D eigenvalue weighted by molar-refractivity contribution is 5.49. The van der Waals surface area contributed by atoms with Crippen LogP contribution in [-0.4, -0.2) is 6.04 Å². The minimum atomic E-state index is -0.894. The van der Waals surface area contributed by atoms with E-state index in [-0.39, 0.29) is 23.2 Å².